The van der Waals surface area contributed by atoms with E-state index in [2.05, 4.69) is 10.3 Å². The average molecular weight is 442 g/mol. The van der Waals surface area contributed by atoms with Crippen molar-refractivity contribution in [2.24, 2.45) is 0 Å². The standard InChI is InChI=1S/C21H13ClFN3O3S/c22-17-7-6-15(26(28)29)11-16(17)20(27)25-21-24-18-8-3-13(10-19(18)30-21)9-12-1-4-14(23)5-2-12/h1-8,10-11H,9H2,(H,24,25,27). The molecule has 9 heteroatoms. The average Bonchev–Trinajstić information content (AvgIpc) is 3.11. The van der Waals surface area contributed by atoms with Gasteiger partial charge in [0, 0.05) is 12.1 Å². The van der Waals surface area contributed by atoms with Gasteiger partial charge in [-0.15, -0.1) is 0 Å². The molecule has 3 aromatic carbocycles. The van der Waals surface area contributed by atoms with Gasteiger partial charge in [-0.1, -0.05) is 41.1 Å². The molecule has 150 valence electrons. The number of anilines is 1. The molecule has 0 bridgehead atoms. The molecule has 0 aliphatic carbocycles. The lowest BCUT2D eigenvalue weighted by atomic mass is 10.1. The maximum Gasteiger partial charge on any atom is 0.270 e. The van der Waals surface area contributed by atoms with Crippen LogP contribution in [0, 0.1) is 15.9 Å². The second kappa shape index (κ2) is 8.17. The Morgan fingerprint density at radius 3 is 2.57 bits per heavy atom. The number of non-ortho nitro benzene ring substituents is 1. The van der Waals surface area contributed by atoms with Crippen LogP contribution in [0.2, 0.25) is 5.02 Å². The number of aromatic nitrogens is 1. The van der Waals surface area contributed by atoms with Gasteiger partial charge in [-0.2, -0.15) is 0 Å². The van der Waals surface area contributed by atoms with Gasteiger partial charge in [0.25, 0.3) is 11.6 Å². The molecule has 0 aliphatic rings. The topological polar surface area (TPSA) is 85.1 Å². The smallest absolute Gasteiger partial charge is 0.270 e. The van der Waals surface area contributed by atoms with E-state index in [0.29, 0.717) is 17.1 Å². The predicted octanol–water partition coefficient (Wildman–Crippen LogP) is 5.84. The van der Waals surface area contributed by atoms with Crippen molar-refractivity contribution >= 4 is 49.9 Å². The zero-order chi connectivity index (χ0) is 21.3. The van der Waals surface area contributed by atoms with Crippen LogP contribution >= 0.6 is 22.9 Å². The molecular formula is C21H13ClFN3O3S. The number of carbonyl (C=O) groups excluding carboxylic acids is 1. The van der Waals surface area contributed by atoms with Crippen LogP contribution in [0.15, 0.2) is 60.7 Å². The zero-order valence-corrected chi connectivity index (χ0v) is 16.8. The highest BCUT2D eigenvalue weighted by molar-refractivity contribution is 7.22. The van der Waals surface area contributed by atoms with Crippen molar-refractivity contribution in [3.05, 3.63) is 98.3 Å². The minimum Gasteiger partial charge on any atom is -0.298 e. The SMILES string of the molecule is O=C(Nc1nc2ccc(Cc3ccc(F)cc3)cc2s1)c1cc([N+](=O)[O-])ccc1Cl. The summed E-state index contributed by atoms with van der Waals surface area (Å²) >= 11 is 7.31. The summed E-state index contributed by atoms with van der Waals surface area (Å²) in [4.78, 5) is 27.3. The van der Waals surface area contributed by atoms with Gasteiger partial charge in [0.1, 0.15) is 5.82 Å². The van der Waals surface area contributed by atoms with Crippen LogP contribution in [0.4, 0.5) is 15.2 Å². The van der Waals surface area contributed by atoms with Gasteiger partial charge in [-0.25, -0.2) is 9.37 Å². The molecule has 0 unspecified atom stereocenters. The van der Waals surface area contributed by atoms with Crippen LogP contribution in [-0.2, 0) is 6.42 Å². The summed E-state index contributed by atoms with van der Waals surface area (Å²) in [7, 11) is 0. The summed E-state index contributed by atoms with van der Waals surface area (Å²) < 4.78 is 13.9. The van der Waals surface area contributed by atoms with Gasteiger partial charge in [0.05, 0.1) is 25.7 Å². The molecule has 6 nitrogen and oxygen atoms in total. The number of carbonyl (C=O) groups is 1. The fraction of sp³-hybridized carbons (Fsp3) is 0.0476. The molecule has 0 atom stereocenters. The fourth-order valence-corrected chi connectivity index (χ4v) is 4.06. The van der Waals surface area contributed by atoms with E-state index in [4.69, 9.17) is 11.6 Å². The van der Waals surface area contributed by atoms with Gasteiger partial charge in [0.2, 0.25) is 0 Å². The largest absolute Gasteiger partial charge is 0.298 e. The summed E-state index contributed by atoms with van der Waals surface area (Å²) in [6.45, 7) is 0. The minimum atomic E-state index is -0.590. The summed E-state index contributed by atoms with van der Waals surface area (Å²) in [5.41, 5.74) is 2.50. The van der Waals surface area contributed by atoms with Crippen LogP contribution in [0.3, 0.4) is 0 Å². The molecule has 0 radical (unpaired) electrons. The number of nitrogens with one attached hydrogen (secondary N) is 1. The van der Waals surface area contributed by atoms with Crippen molar-refractivity contribution < 1.29 is 14.1 Å². The van der Waals surface area contributed by atoms with E-state index in [1.807, 2.05) is 18.2 Å². The lowest BCUT2D eigenvalue weighted by molar-refractivity contribution is -0.384. The van der Waals surface area contributed by atoms with Gasteiger partial charge < -0.3 is 0 Å². The lowest BCUT2D eigenvalue weighted by Gasteiger charge is -2.03. The van der Waals surface area contributed by atoms with E-state index in [9.17, 15) is 19.3 Å². The van der Waals surface area contributed by atoms with Gasteiger partial charge in [0.15, 0.2) is 5.13 Å². The maximum atomic E-state index is 13.1. The highest BCUT2D eigenvalue weighted by Gasteiger charge is 2.17. The second-order valence-corrected chi connectivity index (χ2v) is 7.94. The minimum absolute atomic E-state index is 0.00196. The third kappa shape index (κ3) is 4.29. The Morgan fingerprint density at radius 1 is 1.10 bits per heavy atom. The van der Waals surface area contributed by atoms with Crippen LogP contribution in [-0.4, -0.2) is 15.8 Å². The molecule has 30 heavy (non-hydrogen) atoms. The third-order valence-electron chi connectivity index (χ3n) is 4.40. The second-order valence-electron chi connectivity index (χ2n) is 6.50. The molecule has 1 N–H and O–H groups in total. The molecule has 0 saturated carbocycles. The number of nitrogens with zero attached hydrogens (tertiary/aromatic N) is 2. The first-order valence-corrected chi connectivity index (χ1v) is 9.98. The van der Waals surface area contributed by atoms with Crippen molar-refractivity contribution in [2.75, 3.05) is 5.32 Å². The van der Waals surface area contributed by atoms with E-state index in [1.165, 1.54) is 35.6 Å². The number of benzene rings is 3. The summed E-state index contributed by atoms with van der Waals surface area (Å²) in [6, 6.07) is 15.7. The number of halogens is 2. The monoisotopic (exact) mass is 441 g/mol. The Bertz CT molecular complexity index is 1270. The van der Waals surface area contributed by atoms with Crippen LogP contribution in [0.25, 0.3) is 10.2 Å². The first-order chi connectivity index (χ1) is 14.4. The number of hydrogen-bond donors (Lipinski definition) is 1. The Hall–Kier alpha value is -3.36. The summed E-state index contributed by atoms with van der Waals surface area (Å²) in [5.74, 6) is -0.852. The first kappa shape index (κ1) is 19.9. The molecule has 0 saturated heterocycles. The van der Waals surface area contributed by atoms with Gasteiger partial charge >= 0.3 is 0 Å². The van der Waals surface area contributed by atoms with E-state index in [0.717, 1.165) is 21.9 Å². The van der Waals surface area contributed by atoms with Crippen LogP contribution in [0.1, 0.15) is 21.5 Å². The molecule has 1 amide bonds. The molecule has 1 aromatic heterocycles. The zero-order valence-electron chi connectivity index (χ0n) is 15.3. The number of rotatable bonds is 5. The molecule has 4 aromatic rings. The van der Waals surface area contributed by atoms with Crippen molar-refractivity contribution in [1.29, 1.82) is 0 Å². The molecule has 0 spiro atoms. The molecular weight excluding hydrogens is 429 g/mol. The van der Waals surface area contributed by atoms with Crippen molar-refractivity contribution in [3.63, 3.8) is 0 Å². The predicted molar refractivity (Wildman–Crippen MR) is 115 cm³/mol. The van der Waals surface area contributed by atoms with E-state index >= 15 is 0 Å². The molecule has 1 heterocycles. The first-order valence-electron chi connectivity index (χ1n) is 8.78. The van der Waals surface area contributed by atoms with Gasteiger partial charge in [-0.05, 0) is 47.9 Å². The van der Waals surface area contributed by atoms with Crippen LogP contribution in [0.5, 0.6) is 0 Å². The van der Waals surface area contributed by atoms with Crippen LogP contribution < -0.4 is 5.32 Å². The maximum absolute atomic E-state index is 13.1. The number of thiazole rings is 1. The Morgan fingerprint density at radius 2 is 1.83 bits per heavy atom. The quantitative estimate of drug-likeness (QED) is 0.311. The van der Waals surface area contributed by atoms with Crippen molar-refractivity contribution in [1.82, 2.24) is 4.98 Å². The number of fused-ring (bicyclic) bond motifs is 1. The molecule has 4 rings (SSSR count). The Kier molecular flexibility index (Phi) is 5.43. The normalized spacial score (nSPS) is 10.9. The molecule has 0 fully saturated rings. The fourth-order valence-electron chi connectivity index (χ4n) is 2.94. The van der Waals surface area contributed by atoms with Crippen molar-refractivity contribution in [2.45, 2.75) is 6.42 Å². The highest BCUT2D eigenvalue weighted by atomic mass is 35.5. The van der Waals surface area contributed by atoms with Gasteiger partial charge in [-0.3, -0.25) is 20.2 Å². The summed E-state index contributed by atoms with van der Waals surface area (Å²) in [5, 5.41) is 14.1. The highest BCUT2D eigenvalue weighted by Crippen LogP contribution is 2.29. The summed E-state index contributed by atoms with van der Waals surface area (Å²) in [6.07, 6.45) is 0.638. The number of nitro groups is 1. The molecule has 0 aliphatic heterocycles. The lowest BCUT2D eigenvalue weighted by Crippen LogP contribution is -2.12. The van der Waals surface area contributed by atoms with E-state index in [1.54, 1.807) is 12.1 Å². The van der Waals surface area contributed by atoms with E-state index < -0.39 is 10.8 Å². The Labute approximate surface area is 179 Å². The van der Waals surface area contributed by atoms with E-state index in [-0.39, 0.29) is 22.1 Å². The number of nitro benzene ring substituents is 1. The number of hydrogen-bond acceptors (Lipinski definition) is 5. The number of amides is 1. The van der Waals surface area contributed by atoms with Crippen molar-refractivity contribution in [3.8, 4) is 0 Å². The Balaban J connectivity index is 1.55. The third-order valence-corrected chi connectivity index (χ3v) is 5.66.